The summed E-state index contributed by atoms with van der Waals surface area (Å²) in [5, 5.41) is 3.20. The molecule has 0 fully saturated rings. The number of halogens is 2. The summed E-state index contributed by atoms with van der Waals surface area (Å²) in [6.45, 7) is 0.0593. The number of benzene rings is 1. The van der Waals surface area contributed by atoms with Gasteiger partial charge in [-0.15, -0.1) is 0 Å². The summed E-state index contributed by atoms with van der Waals surface area (Å²) in [7, 11) is 0. The Balaban J connectivity index is 3.02. The van der Waals surface area contributed by atoms with E-state index in [0.717, 1.165) is 6.07 Å². The molecule has 0 N–H and O–H groups in total. The van der Waals surface area contributed by atoms with Crippen LogP contribution < -0.4 is 0 Å². The molecule has 0 unspecified atom stereocenters. The maximum Gasteiger partial charge on any atom is 0.155 e. The third kappa shape index (κ3) is 2.65. The van der Waals surface area contributed by atoms with Crippen molar-refractivity contribution >= 4 is 12.4 Å². The highest BCUT2D eigenvalue weighted by atomic mass is 19.1. The number of azide groups is 1. The molecule has 0 aliphatic heterocycles. The van der Waals surface area contributed by atoms with Gasteiger partial charge in [0.05, 0.1) is 5.56 Å². The van der Waals surface area contributed by atoms with Crippen molar-refractivity contribution in [3.05, 3.63) is 51.4 Å². The van der Waals surface area contributed by atoms with E-state index in [9.17, 15) is 13.6 Å². The fourth-order valence-corrected chi connectivity index (χ4v) is 1.09. The molecule has 1 rings (SSSR count). The Labute approximate surface area is 89.8 Å². The Morgan fingerprint density at radius 3 is 2.81 bits per heavy atom. The third-order valence-corrected chi connectivity index (χ3v) is 1.82. The molecule has 0 saturated carbocycles. The molecule has 0 aliphatic carbocycles. The van der Waals surface area contributed by atoms with Crippen molar-refractivity contribution in [1.29, 1.82) is 0 Å². The van der Waals surface area contributed by atoms with Crippen LogP contribution in [-0.2, 0) is 0 Å². The first-order chi connectivity index (χ1) is 7.70. The third-order valence-electron chi connectivity index (χ3n) is 1.82. The van der Waals surface area contributed by atoms with E-state index >= 15 is 0 Å². The van der Waals surface area contributed by atoms with Gasteiger partial charge in [-0.2, -0.15) is 0 Å². The van der Waals surface area contributed by atoms with Crippen LogP contribution in [0, 0.1) is 11.6 Å². The maximum absolute atomic E-state index is 13.4. The SMILES string of the molecule is [N-]=[N+]=NCC=Cc1ccc(F)c(C=O)c1F. The van der Waals surface area contributed by atoms with Gasteiger partial charge < -0.3 is 0 Å². The Morgan fingerprint density at radius 1 is 1.44 bits per heavy atom. The minimum absolute atomic E-state index is 0.0593. The van der Waals surface area contributed by atoms with Crippen LogP contribution in [0.4, 0.5) is 8.78 Å². The van der Waals surface area contributed by atoms with Gasteiger partial charge in [0.25, 0.3) is 0 Å². The van der Waals surface area contributed by atoms with Gasteiger partial charge in [0, 0.05) is 17.0 Å². The van der Waals surface area contributed by atoms with Gasteiger partial charge >= 0.3 is 0 Å². The molecule has 0 spiro atoms. The fraction of sp³-hybridized carbons (Fsp3) is 0.100. The number of carbonyl (C=O) groups is 1. The normalized spacial score (nSPS) is 10.1. The van der Waals surface area contributed by atoms with E-state index < -0.39 is 17.2 Å². The topological polar surface area (TPSA) is 65.8 Å². The number of hydrogen-bond acceptors (Lipinski definition) is 2. The van der Waals surface area contributed by atoms with E-state index in [1.54, 1.807) is 0 Å². The van der Waals surface area contributed by atoms with Crippen molar-refractivity contribution in [2.75, 3.05) is 6.54 Å². The smallest absolute Gasteiger partial charge is 0.155 e. The van der Waals surface area contributed by atoms with Gasteiger partial charge in [0.15, 0.2) is 6.29 Å². The van der Waals surface area contributed by atoms with Gasteiger partial charge in [-0.05, 0) is 17.7 Å². The lowest BCUT2D eigenvalue weighted by Gasteiger charge is -2.00. The van der Waals surface area contributed by atoms with Gasteiger partial charge in [-0.1, -0.05) is 17.3 Å². The summed E-state index contributed by atoms with van der Waals surface area (Å²) in [6, 6.07) is 2.20. The Kier molecular flexibility index (Phi) is 4.17. The molecular formula is C10H7F2N3O. The monoisotopic (exact) mass is 223 g/mol. The lowest BCUT2D eigenvalue weighted by molar-refractivity contribution is 0.111. The molecule has 6 heteroatoms. The highest BCUT2D eigenvalue weighted by Gasteiger charge is 2.10. The van der Waals surface area contributed by atoms with Gasteiger partial charge in [0.2, 0.25) is 0 Å². The predicted molar refractivity (Wildman–Crippen MR) is 54.8 cm³/mol. The van der Waals surface area contributed by atoms with Crippen LogP contribution in [0.25, 0.3) is 16.5 Å². The highest BCUT2D eigenvalue weighted by molar-refractivity contribution is 5.77. The predicted octanol–water partition coefficient (Wildman–Crippen LogP) is 3.10. The van der Waals surface area contributed by atoms with Crippen LogP contribution >= 0.6 is 0 Å². The van der Waals surface area contributed by atoms with E-state index in [1.807, 2.05) is 0 Å². The van der Waals surface area contributed by atoms with Crippen molar-refractivity contribution in [3.8, 4) is 0 Å². The molecule has 4 nitrogen and oxygen atoms in total. The first-order valence-electron chi connectivity index (χ1n) is 4.31. The number of nitrogens with zero attached hydrogens (tertiary/aromatic N) is 3. The quantitative estimate of drug-likeness (QED) is 0.334. The van der Waals surface area contributed by atoms with Crippen molar-refractivity contribution in [3.63, 3.8) is 0 Å². The average Bonchev–Trinajstić information content (AvgIpc) is 2.28. The molecule has 0 radical (unpaired) electrons. The minimum atomic E-state index is -0.924. The second-order valence-electron chi connectivity index (χ2n) is 2.80. The largest absolute Gasteiger partial charge is 0.298 e. The van der Waals surface area contributed by atoms with Crippen LogP contribution in [0.1, 0.15) is 15.9 Å². The summed E-state index contributed by atoms with van der Waals surface area (Å²) in [6.07, 6.45) is 2.84. The number of carbonyl (C=O) groups excluding carboxylic acids is 1. The van der Waals surface area contributed by atoms with Gasteiger partial charge in [-0.3, -0.25) is 4.79 Å². The zero-order valence-corrected chi connectivity index (χ0v) is 8.10. The zero-order chi connectivity index (χ0) is 12.0. The van der Waals surface area contributed by atoms with E-state index in [4.69, 9.17) is 5.53 Å². The molecule has 0 aliphatic rings. The zero-order valence-electron chi connectivity index (χ0n) is 8.10. The fourth-order valence-electron chi connectivity index (χ4n) is 1.09. The minimum Gasteiger partial charge on any atom is -0.298 e. The molecule has 0 aromatic heterocycles. The van der Waals surface area contributed by atoms with Crippen LogP contribution in [0.2, 0.25) is 0 Å². The molecule has 0 bridgehead atoms. The summed E-state index contributed by atoms with van der Waals surface area (Å²) in [4.78, 5) is 12.9. The van der Waals surface area contributed by atoms with Crippen LogP contribution in [0.3, 0.4) is 0 Å². The van der Waals surface area contributed by atoms with Gasteiger partial charge in [-0.25, -0.2) is 8.78 Å². The molecule has 82 valence electrons. The Morgan fingerprint density at radius 2 is 2.19 bits per heavy atom. The molecule has 0 atom stereocenters. The summed E-state index contributed by atoms with van der Waals surface area (Å²) in [5.41, 5.74) is 7.45. The van der Waals surface area contributed by atoms with Crippen molar-refractivity contribution < 1.29 is 13.6 Å². The van der Waals surface area contributed by atoms with Crippen molar-refractivity contribution in [1.82, 2.24) is 0 Å². The van der Waals surface area contributed by atoms with Crippen molar-refractivity contribution in [2.24, 2.45) is 5.11 Å². The lowest BCUT2D eigenvalue weighted by atomic mass is 10.1. The molecule has 1 aromatic carbocycles. The van der Waals surface area contributed by atoms with Crippen molar-refractivity contribution in [2.45, 2.75) is 0 Å². The number of hydrogen-bond donors (Lipinski definition) is 0. The van der Waals surface area contributed by atoms with E-state index in [-0.39, 0.29) is 18.4 Å². The lowest BCUT2D eigenvalue weighted by Crippen LogP contribution is -1.96. The first-order valence-corrected chi connectivity index (χ1v) is 4.31. The van der Waals surface area contributed by atoms with Crippen LogP contribution in [-0.4, -0.2) is 12.8 Å². The van der Waals surface area contributed by atoms with E-state index in [1.165, 1.54) is 18.2 Å². The maximum atomic E-state index is 13.4. The molecule has 0 heterocycles. The second-order valence-corrected chi connectivity index (χ2v) is 2.80. The average molecular weight is 223 g/mol. The number of aldehydes is 1. The summed E-state index contributed by atoms with van der Waals surface area (Å²) >= 11 is 0. The summed E-state index contributed by atoms with van der Waals surface area (Å²) in [5.74, 6) is -1.83. The Hall–Kier alpha value is -2.20. The number of rotatable bonds is 4. The molecule has 0 amide bonds. The first kappa shape index (κ1) is 11.9. The van der Waals surface area contributed by atoms with E-state index in [2.05, 4.69) is 10.0 Å². The molecule has 0 saturated heterocycles. The van der Waals surface area contributed by atoms with Gasteiger partial charge in [0.1, 0.15) is 11.6 Å². The van der Waals surface area contributed by atoms with Crippen LogP contribution in [0.5, 0.6) is 0 Å². The highest BCUT2D eigenvalue weighted by Crippen LogP contribution is 2.16. The molecular weight excluding hydrogens is 216 g/mol. The molecule has 16 heavy (non-hydrogen) atoms. The second kappa shape index (κ2) is 5.63. The van der Waals surface area contributed by atoms with E-state index in [0.29, 0.717) is 0 Å². The standard InChI is InChI=1S/C10H7F2N3O/c11-9-4-3-7(2-1-5-14-15-13)10(12)8(9)6-16/h1-4,6H,5H2. The van der Waals surface area contributed by atoms with Crippen LogP contribution in [0.15, 0.2) is 23.3 Å². The summed E-state index contributed by atoms with van der Waals surface area (Å²) < 4.78 is 26.3. The molecule has 1 aromatic rings. The Bertz CT molecular complexity index is 479.